The van der Waals surface area contributed by atoms with Crippen LogP contribution in [0.3, 0.4) is 0 Å². The van der Waals surface area contributed by atoms with E-state index in [0.29, 0.717) is 5.75 Å². The number of hydrogen-bond donors (Lipinski definition) is 1. The summed E-state index contributed by atoms with van der Waals surface area (Å²) in [5.74, 6) is 0.376. The van der Waals surface area contributed by atoms with Crippen molar-refractivity contribution < 1.29 is 18.3 Å². The zero-order valence-corrected chi connectivity index (χ0v) is 12.5. The van der Waals surface area contributed by atoms with Crippen LogP contribution < -0.4 is 4.74 Å². The molecule has 0 spiro atoms. The Morgan fingerprint density at radius 1 is 1.11 bits per heavy atom. The number of hydrogen-bond acceptors (Lipinski definition) is 4. The molecule has 0 heterocycles. The van der Waals surface area contributed by atoms with E-state index in [1.54, 1.807) is 0 Å². The summed E-state index contributed by atoms with van der Waals surface area (Å²) in [6.07, 6.45) is 0. The van der Waals surface area contributed by atoms with Gasteiger partial charge in [0.2, 0.25) is 0 Å². The molecule has 4 nitrogen and oxygen atoms in total. The van der Waals surface area contributed by atoms with Gasteiger partial charge >= 0.3 is 0 Å². The smallest absolute Gasteiger partial charge is 0.155 e. The van der Waals surface area contributed by atoms with Crippen LogP contribution in [0, 0.1) is 0 Å². The minimum absolute atomic E-state index is 0.0748. The van der Waals surface area contributed by atoms with E-state index in [1.165, 1.54) is 5.56 Å². The Balaban J connectivity index is 2.51. The standard InChI is InChI=1S/C14H22O4S/c1-14(2,3)12-4-6-13(7-5-12)18-9-11-19(16,17)10-8-15/h4-7,15H,8-11H2,1-3H3. The second-order valence-electron chi connectivity index (χ2n) is 5.50. The molecule has 0 unspecified atom stereocenters. The molecule has 1 rings (SSSR count). The Hall–Kier alpha value is -1.07. The predicted molar refractivity (Wildman–Crippen MR) is 76.4 cm³/mol. The van der Waals surface area contributed by atoms with Gasteiger partial charge in [0.1, 0.15) is 12.4 Å². The third-order valence-corrected chi connectivity index (χ3v) is 4.38. The molecule has 0 aliphatic carbocycles. The molecule has 0 aliphatic rings. The summed E-state index contributed by atoms with van der Waals surface area (Å²) in [6, 6.07) is 7.66. The van der Waals surface area contributed by atoms with Crippen LogP contribution in [0.25, 0.3) is 0 Å². The lowest BCUT2D eigenvalue weighted by Crippen LogP contribution is -2.19. The first-order valence-corrected chi connectivity index (χ1v) is 8.11. The topological polar surface area (TPSA) is 63.6 Å². The SMILES string of the molecule is CC(C)(C)c1ccc(OCCS(=O)(=O)CCO)cc1. The van der Waals surface area contributed by atoms with Gasteiger partial charge in [0.05, 0.1) is 18.1 Å². The zero-order valence-electron chi connectivity index (χ0n) is 11.7. The molecule has 0 radical (unpaired) electrons. The second-order valence-corrected chi connectivity index (χ2v) is 7.80. The number of rotatable bonds is 6. The first kappa shape index (κ1) is 16.0. The van der Waals surface area contributed by atoms with E-state index in [-0.39, 0.29) is 30.1 Å². The molecule has 1 aromatic carbocycles. The van der Waals surface area contributed by atoms with Gasteiger partial charge in [-0.1, -0.05) is 32.9 Å². The summed E-state index contributed by atoms with van der Waals surface area (Å²) in [6.45, 7) is 6.15. The molecule has 0 fully saturated rings. The van der Waals surface area contributed by atoms with Crippen LogP contribution in [0.1, 0.15) is 26.3 Å². The van der Waals surface area contributed by atoms with Gasteiger partial charge in [0, 0.05) is 0 Å². The van der Waals surface area contributed by atoms with E-state index in [2.05, 4.69) is 20.8 Å². The fourth-order valence-corrected chi connectivity index (χ4v) is 2.40. The lowest BCUT2D eigenvalue weighted by Gasteiger charge is -2.19. The molecule has 0 saturated heterocycles. The third kappa shape index (κ3) is 5.61. The third-order valence-electron chi connectivity index (χ3n) is 2.79. The molecular weight excluding hydrogens is 264 g/mol. The summed E-state index contributed by atoms with van der Waals surface area (Å²) in [4.78, 5) is 0. The minimum Gasteiger partial charge on any atom is -0.493 e. The van der Waals surface area contributed by atoms with Gasteiger partial charge in [0.15, 0.2) is 9.84 Å². The molecular formula is C14H22O4S. The average Bonchev–Trinajstić information content (AvgIpc) is 2.28. The van der Waals surface area contributed by atoms with Gasteiger partial charge in [-0.2, -0.15) is 0 Å². The molecule has 5 heteroatoms. The van der Waals surface area contributed by atoms with E-state index in [0.717, 1.165) is 0 Å². The normalized spacial score (nSPS) is 12.4. The van der Waals surface area contributed by atoms with Crippen molar-refractivity contribution in [2.24, 2.45) is 0 Å². The highest BCUT2D eigenvalue weighted by Crippen LogP contribution is 2.24. The molecule has 0 aromatic heterocycles. The van der Waals surface area contributed by atoms with Crippen LogP contribution in [0.4, 0.5) is 0 Å². The average molecular weight is 286 g/mol. The lowest BCUT2D eigenvalue weighted by molar-refractivity contribution is 0.317. The maximum absolute atomic E-state index is 11.4. The molecule has 0 atom stereocenters. The molecule has 108 valence electrons. The number of sulfone groups is 1. The Morgan fingerprint density at radius 2 is 1.68 bits per heavy atom. The quantitative estimate of drug-likeness (QED) is 0.865. The predicted octanol–water partition coefficient (Wildman–Crippen LogP) is 1.77. The van der Waals surface area contributed by atoms with Crippen molar-refractivity contribution in [2.75, 3.05) is 24.7 Å². The largest absolute Gasteiger partial charge is 0.493 e. The van der Waals surface area contributed by atoms with E-state index in [4.69, 9.17) is 9.84 Å². The van der Waals surface area contributed by atoms with Gasteiger partial charge in [0.25, 0.3) is 0 Å². The maximum Gasteiger partial charge on any atom is 0.155 e. The Bertz CT molecular complexity index is 483. The van der Waals surface area contributed by atoms with Crippen molar-refractivity contribution in [2.45, 2.75) is 26.2 Å². The molecule has 19 heavy (non-hydrogen) atoms. The van der Waals surface area contributed by atoms with Crippen LogP contribution in [0.5, 0.6) is 5.75 Å². The van der Waals surface area contributed by atoms with Gasteiger partial charge in [-0.15, -0.1) is 0 Å². The van der Waals surface area contributed by atoms with Crippen molar-refractivity contribution in [1.82, 2.24) is 0 Å². The number of aliphatic hydroxyl groups excluding tert-OH is 1. The summed E-state index contributed by atoms with van der Waals surface area (Å²) in [7, 11) is -3.21. The fourth-order valence-electron chi connectivity index (χ4n) is 1.58. The van der Waals surface area contributed by atoms with E-state index in [9.17, 15) is 8.42 Å². The zero-order chi connectivity index (χ0) is 14.5. The maximum atomic E-state index is 11.4. The number of ether oxygens (including phenoxy) is 1. The second kappa shape index (κ2) is 6.39. The Morgan fingerprint density at radius 3 is 2.16 bits per heavy atom. The van der Waals surface area contributed by atoms with Crippen molar-refractivity contribution in [3.05, 3.63) is 29.8 Å². The monoisotopic (exact) mass is 286 g/mol. The van der Waals surface area contributed by atoms with Crippen molar-refractivity contribution in [3.8, 4) is 5.75 Å². The van der Waals surface area contributed by atoms with Gasteiger partial charge < -0.3 is 9.84 Å². The number of benzene rings is 1. The minimum atomic E-state index is -3.21. The summed E-state index contributed by atoms with van der Waals surface area (Å²) in [5.41, 5.74) is 1.29. The fraction of sp³-hybridized carbons (Fsp3) is 0.571. The Kier molecular flexibility index (Phi) is 5.38. The van der Waals surface area contributed by atoms with E-state index in [1.807, 2.05) is 24.3 Å². The van der Waals surface area contributed by atoms with Crippen LogP contribution >= 0.6 is 0 Å². The highest BCUT2D eigenvalue weighted by molar-refractivity contribution is 7.91. The first-order chi connectivity index (χ1) is 8.74. The summed E-state index contributed by atoms with van der Waals surface area (Å²) >= 11 is 0. The first-order valence-electron chi connectivity index (χ1n) is 6.29. The van der Waals surface area contributed by atoms with Crippen LogP contribution in [-0.4, -0.2) is 38.2 Å². The van der Waals surface area contributed by atoms with Crippen LogP contribution in [0.15, 0.2) is 24.3 Å². The molecule has 0 saturated carbocycles. The molecule has 0 bridgehead atoms. The molecule has 0 aliphatic heterocycles. The number of aliphatic hydroxyl groups is 1. The highest BCUT2D eigenvalue weighted by atomic mass is 32.2. The van der Waals surface area contributed by atoms with Gasteiger partial charge in [-0.25, -0.2) is 8.42 Å². The summed E-state index contributed by atoms with van der Waals surface area (Å²) in [5, 5.41) is 8.61. The van der Waals surface area contributed by atoms with Crippen LogP contribution in [-0.2, 0) is 15.3 Å². The van der Waals surface area contributed by atoms with Gasteiger partial charge in [-0.05, 0) is 23.1 Å². The van der Waals surface area contributed by atoms with Crippen molar-refractivity contribution in [3.63, 3.8) is 0 Å². The van der Waals surface area contributed by atoms with Gasteiger partial charge in [-0.3, -0.25) is 0 Å². The molecule has 0 amide bonds. The lowest BCUT2D eigenvalue weighted by atomic mass is 9.87. The van der Waals surface area contributed by atoms with E-state index < -0.39 is 9.84 Å². The summed E-state index contributed by atoms with van der Waals surface area (Å²) < 4.78 is 28.1. The highest BCUT2D eigenvalue weighted by Gasteiger charge is 2.13. The van der Waals surface area contributed by atoms with E-state index >= 15 is 0 Å². The van der Waals surface area contributed by atoms with Crippen molar-refractivity contribution >= 4 is 9.84 Å². The molecule has 1 N–H and O–H groups in total. The molecule has 1 aromatic rings. The van der Waals surface area contributed by atoms with Crippen molar-refractivity contribution in [1.29, 1.82) is 0 Å². The van der Waals surface area contributed by atoms with Crippen LogP contribution in [0.2, 0.25) is 0 Å². The Labute approximate surface area is 115 Å².